The number of thiocarbonyl (C=S) groups is 1. The molecule has 2 aromatic rings. The van der Waals surface area contributed by atoms with E-state index in [-0.39, 0.29) is 17.7 Å². The van der Waals surface area contributed by atoms with Crippen LogP contribution in [0.5, 0.6) is 0 Å². The zero-order valence-electron chi connectivity index (χ0n) is 20.2. The van der Waals surface area contributed by atoms with Gasteiger partial charge in [0.2, 0.25) is 0 Å². The molecular formula is C26H27F3N6OS. The van der Waals surface area contributed by atoms with Gasteiger partial charge in [-0.15, -0.1) is 0 Å². The minimum Gasteiger partial charge on any atom is -0.382 e. The fourth-order valence-electron chi connectivity index (χ4n) is 4.71. The number of hydrogen-bond donors (Lipinski definition) is 1. The highest BCUT2D eigenvalue weighted by molar-refractivity contribution is 7.80. The van der Waals surface area contributed by atoms with Gasteiger partial charge in [-0.25, -0.2) is 4.98 Å². The summed E-state index contributed by atoms with van der Waals surface area (Å²) in [6.45, 7) is 3.54. The highest BCUT2D eigenvalue weighted by Crippen LogP contribution is 2.34. The molecule has 0 bridgehead atoms. The molecule has 2 heterocycles. The van der Waals surface area contributed by atoms with Crippen molar-refractivity contribution in [2.24, 2.45) is 0 Å². The molecule has 2 fully saturated rings. The first-order chi connectivity index (χ1) is 17.8. The third-order valence-corrected chi connectivity index (χ3v) is 7.17. The van der Waals surface area contributed by atoms with E-state index in [1.165, 1.54) is 12.1 Å². The van der Waals surface area contributed by atoms with E-state index in [1.54, 1.807) is 18.3 Å². The largest absolute Gasteiger partial charge is 0.417 e. The van der Waals surface area contributed by atoms with E-state index in [4.69, 9.17) is 27.5 Å². The Morgan fingerprint density at radius 2 is 1.78 bits per heavy atom. The molecule has 1 aliphatic heterocycles. The fraction of sp³-hybridized carbons (Fsp3) is 0.462. The molecule has 7 nitrogen and oxygen atoms in total. The summed E-state index contributed by atoms with van der Waals surface area (Å²) in [4.78, 5) is 9.27. The smallest absolute Gasteiger partial charge is 0.382 e. The van der Waals surface area contributed by atoms with Crippen LogP contribution in [0, 0.1) is 22.7 Å². The zero-order chi connectivity index (χ0) is 26.4. The number of pyridine rings is 1. The van der Waals surface area contributed by atoms with Crippen molar-refractivity contribution in [3.8, 4) is 12.1 Å². The van der Waals surface area contributed by atoms with Crippen LogP contribution in [-0.4, -0.2) is 59.8 Å². The predicted octanol–water partition coefficient (Wildman–Crippen LogP) is 4.73. The Kier molecular flexibility index (Phi) is 8.47. The van der Waals surface area contributed by atoms with Crippen LogP contribution in [0.4, 0.5) is 24.5 Å². The fourth-order valence-corrected chi connectivity index (χ4v) is 4.96. The third-order valence-electron chi connectivity index (χ3n) is 6.79. The number of alkyl halides is 3. The first-order valence-corrected chi connectivity index (χ1v) is 12.6. The van der Waals surface area contributed by atoms with E-state index >= 15 is 0 Å². The number of ether oxygens (including phenoxy) is 1. The number of halogens is 3. The molecule has 0 amide bonds. The maximum absolute atomic E-state index is 13.2. The molecule has 4 rings (SSSR count). The number of nitrogens with one attached hydrogen (secondary N) is 1. The minimum absolute atomic E-state index is 0.0469. The molecule has 1 aromatic carbocycles. The second-order valence-electron chi connectivity index (χ2n) is 9.18. The Morgan fingerprint density at radius 1 is 1.05 bits per heavy atom. The van der Waals surface area contributed by atoms with E-state index in [0.717, 1.165) is 68.6 Å². The van der Waals surface area contributed by atoms with Gasteiger partial charge >= 0.3 is 6.18 Å². The molecule has 2 aliphatic rings. The highest BCUT2D eigenvalue weighted by atomic mass is 32.1. The average Bonchev–Trinajstić information content (AvgIpc) is 2.92. The molecule has 1 saturated heterocycles. The Bertz CT molecular complexity index is 1170. The van der Waals surface area contributed by atoms with Crippen molar-refractivity contribution >= 4 is 28.6 Å². The lowest BCUT2D eigenvalue weighted by atomic mass is 9.92. The van der Waals surface area contributed by atoms with Gasteiger partial charge in [0.25, 0.3) is 0 Å². The normalized spacial score (nSPS) is 20.1. The van der Waals surface area contributed by atoms with Crippen LogP contribution in [0.15, 0.2) is 36.5 Å². The molecular weight excluding hydrogens is 501 g/mol. The van der Waals surface area contributed by atoms with Crippen LogP contribution in [0.1, 0.15) is 42.5 Å². The number of hydrogen-bond acceptors (Lipinski definition) is 7. The number of nitriles is 2. The molecule has 37 heavy (non-hydrogen) atoms. The maximum atomic E-state index is 13.2. The lowest BCUT2D eigenvalue weighted by Crippen LogP contribution is -2.49. The number of aromatic nitrogens is 1. The van der Waals surface area contributed by atoms with Crippen molar-refractivity contribution < 1.29 is 17.9 Å². The second kappa shape index (κ2) is 11.8. The van der Waals surface area contributed by atoms with Crippen molar-refractivity contribution in [2.75, 3.05) is 43.0 Å². The summed E-state index contributed by atoms with van der Waals surface area (Å²) >= 11 is 5.61. The number of piperazine rings is 1. The lowest BCUT2D eigenvalue weighted by Gasteiger charge is -2.37. The summed E-state index contributed by atoms with van der Waals surface area (Å²) in [6, 6.07) is 11.0. The number of benzene rings is 1. The molecule has 11 heteroatoms. The molecule has 194 valence electrons. The van der Waals surface area contributed by atoms with Gasteiger partial charge < -0.3 is 19.9 Å². The monoisotopic (exact) mass is 528 g/mol. The van der Waals surface area contributed by atoms with E-state index in [0.29, 0.717) is 18.0 Å². The van der Waals surface area contributed by atoms with Crippen molar-refractivity contribution in [1.29, 1.82) is 10.5 Å². The van der Waals surface area contributed by atoms with E-state index in [1.807, 2.05) is 12.1 Å². The number of rotatable bonds is 6. The summed E-state index contributed by atoms with van der Waals surface area (Å²) in [5.41, 5.74) is 0.462. The summed E-state index contributed by atoms with van der Waals surface area (Å²) < 4.78 is 45.8. The Balaban J connectivity index is 1.19. The van der Waals surface area contributed by atoms with E-state index in [9.17, 15) is 13.2 Å². The van der Waals surface area contributed by atoms with E-state index < -0.39 is 11.7 Å². The summed E-state index contributed by atoms with van der Waals surface area (Å²) in [5, 5.41) is 21.0. The van der Waals surface area contributed by atoms with Crippen LogP contribution in [0.3, 0.4) is 0 Å². The molecule has 0 spiro atoms. The molecule has 0 atom stereocenters. The van der Waals surface area contributed by atoms with E-state index in [2.05, 4.69) is 20.1 Å². The SMILES string of the molecule is N#Cc1ccc(N2CCN(C(=S)CO[C@H]3CC[C@H](Nc4ccc(C#N)c(C(F)(F)F)c4)CC3)CC2)cn1. The van der Waals surface area contributed by atoms with Gasteiger partial charge in [-0.1, -0.05) is 12.2 Å². The topological polar surface area (TPSA) is 88.2 Å². The van der Waals surface area contributed by atoms with Gasteiger partial charge in [-0.05, 0) is 56.0 Å². The van der Waals surface area contributed by atoms with Crippen molar-refractivity contribution in [3.05, 3.63) is 53.3 Å². The Morgan fingerprint density at radius 3 is 2.38 bits per heavy atom. The van der Waals surface area contributed by atoms with Crippen LogP contribution in [0.2, 0.25) is 0 Å². The van der Waals surface area contributed by atoms with Gasteiger partial charge in [-0.3, -0.25) is 0 Å². The van der Waals surface area contributed by atoms with Gasteiger partial charge in [0.15, 0.2) is 0 Å². The van der Waals surface area contributed by atoms with Crippen LogP contribution >= 0.6 is 12.2 Å². The zero-order valence-corrected chi connectivity index (χ0v) is 21.0. The van der Waals surface area contributed by atoms with Crippen molar-refractivity contribution in [1.82, 2.24) is 9.88 Å². The third kappa shape index (κ3) is 6.88. The molecule has 0 unspecified atom stereocenters. The molecule has 1 saturated carbocycles. The molecule has 1 aliphatic carbocycles. The Hall–Kier alpha value is -3.41. The summed E-state index contributed by atoms with van der Waals surface area (Å²) in [6.07, 6.45) is 0.349. The Labute approximate surface area is 219 Å². The van der Waals surface area contributed by atoms with Crippen molar-refractivity contribution in [2.45, 2.75) is 44.0 Å². The second-order valence-corrected chi connectivity index (χ2v) is 9.65. The highest BCUT2D eigenvalue weighted by Gasteiger charge is 2.34. The van der Waals surface area contributed by atoms with Gasteiger partial charge in [-0.2, -0.15) is 23.7 Å². The summed E-state index contributed by atoms with van der Waals surface area (Å²) in [7, 11) is 0. The van der Waals surface area contributed by atoms with Gasteiger partial charge in [0.1, 0.15) is 16.8 Å². The molecule has 1 aromatic heterocycles. The number of nitrogens with zero attached hydrogens (tertiary/aromatic N) is 5. The van der Waals surface area contributed by atoms with Crippen LogP contribution < -0.4 is 10.2 Å². The van der Waals surface area contributed by atoms with Gasteiger partial charge in [0.05, 0.1) is 41.8 Å². The standard InChI is InChI=1S/C26H27F3N6OS/c27-26(28,29)24-13-20(2-1-18(24)14-30)33-19-4-7-23(8-5-19)36-17-25(37)35-11-9-34(10-12-35)22-6-3-21(15-31)32-16-22/h1-3,6,13,16,19,23,33H,4-5,7-12,17H2/t19-,23-. The molecule has 0 radical (unpaired) electrons. The average molecular weight is 529 g/mol. The first kappa shape index (κ1) is 26.6. The lowest BCUT2D eigenvalue weighted by molar-refractivity contribution is -0.137. The number of anilines is 2. The maximum Gasteiger partial charge on any atom is 0.417 e. The minimum atomic E-state index is -4.57. The van der Waals surface area contributed by atoms with Crippen molar-refractivity contribution in [3.63, 3.8) is 0 Å². The van der Waals surface area contributed by atoms with Crippen LogP contribution in [0.25, 0.3) is 0 Å². The van der Waals surface area contributed by atoms with Crippen LogP contribution in [-0.2, 0) is 10.9 Å². The first-order valence-electron chi connectivity index (χ1n) is 12.1. The summed E-state index contributed by atoms with van der Waals surface area (Å²) in [5.74, 6) is 0. The predicted molar refractivity (Wildman–Crippen MR) is 137 cm³/mol. The quantitative estimate of drug-likeness (QED) is 0.539. The molecule has 1 N–H and O–H groups in total. The van der Waals surface area contributed by atoms with Gasteiger partial charge in [0, 0.05) is 37.9 Å².